The summed E-state index contributed by atoms with van der Waals surface area (Å²) in [4.78, 5) is 12.2. The minimum atomic E-state index is 0.161. The monoisotopic (exact) mass is 274 g/mol. The maximum absolute atomic E-state index is 12.2. The van der Waals surface area contributed by atoms with Crippen molar-refractivity contribution in [3.8, 4) is 0 Å². The molecule has 0 heterocycles. The Bertz CT molecular complexity index is 464. The van der Waals surface area contributed by atoms with Crippen LogP contribution in [0, 0.1) is 5.41 Å². The summed E-state index contributed by atoms with van der Waals surface area (Å²) in [6.45, 7) is 6.58. The first kappa shape index (κ1) is 14.9. The highest BCUT2D eigenvalue weighted by Crippen LogP contribution is 2.37. The smallest absolute Gasteiger partial charge is 0.220 e. The first-order valence-electron chi connectivity index (χ1n) is 7.53. The molecule has 3 nitrogen and oxygen atoms in total. The third-order valence-electron chi connectivity index (χ3n) is 4.59. The molecule has 1 aliphatic rings. The van der Waals surface area contributed by atoms with Crippen molar-refractivity contribution in [1.29, 1.82) is 0 Å². The second kappa shape index (κ2) is 5.86. The Balaban J connectivity index is 1.89. The first-order chi connectivity index (χ1) is 9.38. The van der Waals surface area contributed by atoms with Crippen LogP contribution in [0.4, 0.5) is 5.69 Å². The van der Waals surface area contributed by atoms with E-state index in [1.807, 2.05) is 24.3 Å². The van der Waals surface area contributed by atoms with Crippen molar-refractivity contribution in [1.82, 2.24) is 5.32 Å². The lowest BCUT2D eigenvalue weighted by molar-refractivity contribution is -0.122. The molecule has 2 rings (SSSR count). The van der Waals surface area contributed by atoms with Gasteiger partial charge in [0.05, 0.1) is 0 Å². The highest BCUT2D eigenvalue weighted by Gasteiger charge is 2.35. The minimum absolute atomic E-state index is 0.161. The van der Waals surface area contributed by atoms with E-state index in [1.54, 1.807) is 0 Å². The van der Waals surface area contributed by atoms with Crippen molar-refractivity contribution in [2.75, 3.05) is 5.73 Å². The zero-order chi connectivity index (χ0) is 14.8. The Kier molecular flexibility index (Phi) is 4.36. The topological polar surface area (TPSA) is 55.1 Å². The molecule has 0 aromatic heterocycles. The van der Waals surface area contributed by atoms with E-state index in [0.29, 0.717) is 12.5 Å². The van der Waals surface area contributed by atoms with Gasteiger partial charge < -0.3 is 11.1 Å². The molecule has 0 aliphatic heterocycles. The van der Waals surface area contributed by atoms with Crippen LogP contribution in [0.5, 0.6) is 0 Å². The van der Waals surface area contributed by atoms with Gasteiger partial charge in [-0.2, -0.15) is 0 Å². The van der Waals surface area contributed by atoms with Gasteiger partial charge in [-0.05, 0) is 41.9 Å². The van der Waals surface area contributed by atoms with Crippen LogP contribution in [0.1, 0.15) is 57.9 Å². The van der Waals surface area contributed by atoms with E-state index in [4.69, 9.17) is 5.73 Å². The molecule has 1 aliphatic carbocycles. The normalized spacial score (nSPS) is 22.4. The quantitative estimate of drug-likeness (QED) is 0.826. The number of carbonyl (C=O) groups excluding carboxylic acids is 1. The summed E-state index contributed by atoms with van der Waals surface area (Å²) in [7, 11) is 0. The fraction of sp³-hybridized carbons (Fsp3) is 0.588. The van der Waals surface area contributed by atoms with E-state index < -0.39 is 0 Å². The van der Waals surface area contributed by atoms with E-state index in [-0.39, 0.29) is 17.2 Å². The Hall–Kier alpha value is -1.51. The molecule has 2 unspecified atom stereocenters. The van der Waals surface area contributed by atoms with E-state index in [2.05, 4.69) is 26.1 Å². The van der Waals surface area contributed by atoms with Crippen molar-refractivity contribution < 1.29 is 4.79 Å². The van der Waals surface area contributed by atoms with Crippen molar-refractivity contribution >= 4 is 11.6 Å². The maximum atomic E-state index is 12.2. The predicted molar refractivity (Wildman–Crippen MR) is 83.4 cm³/mol. The van der Waals surface area contributed by atoms with Gasteiger partial charge in [-0.25, -0.2) is 0 Å². The first-order valence-corrected chi connectivity index (χ1v) is 7.53. The van der Waals surface area contributed by atoms with Crippen LogP contribution in [-0.4, -0.2) is 11.9 Å². The van der Waals surface area contributed by atoms with Crippen molar-refractivity contribution in [3.63, 3.8) is 0 Å². The van der Waals surface area contributed by atoms with Gasteiger partial charge in [0.1, 0.15) is 0 Å². The standard InChI is InChI=1S/C17H26N2O/c1-12(13-6-8-14(18)9-7-13)11-16(20)19-15-5-4-10-17(15,2)3/h6-9,12,15H,4-5,10-11,18H2,1-3H3,(H,19,20). The molecule has 0 spiro atoms. The van der Waals surface area contributed by atoms with Gasteiger partial charge >= 0.3 is 0 Å². The van der Waals surface area contributed by atoms with Crippen molar-refractivity contribution in [2.45, 2.75) is 58.4 Å². The Labute approximate surface area is 121 Å². The summed E-state index contributed by atoms with van der Waals surface area (Å²) >= 11 is 0. The molecular formula is C17H26N2O. The van der Waals surface area contributed by atoms with Crippen LogP contribution in [0.25, 0.3) is 0 Å². The zero-order valence-corrected chi connectivity index (χ0v) is 12.8. The van der Waals surface area contributed by atoms with Crippen molar-refractivity contribution in [3.05, 3.63) is 29.8 Å². The highest BCUT2D eigenvalue weighted by atomic mass is 16.1. The van der Waals surface area contributed by atoms with Gasteiger partial charge in [0.15, 0.2) is 0 Å². The Morgan fingerprint density at radius 2 is 2.05 bits per heavy atom. The van der Waals surface area contributed by atoms with Crippen LogP contribution in [0.15, 0.2) is 24.3 Å². The number of nitrogen functional groups attached to an aromatic ring is 1. The molecule has 3 N–H and O–H groups in total. The molecule has 1 saturated carbocycles. The van der Waals surface area contributed by atoms with Crippen LogP contribution < -0.4 is 11.1 Å². The number of nitrogens with two attached hydrogens (primary N) is 1. The summed E-state index contributed by atoms with van der Waals surface area (Å²) < 4.78 is 0. The number of hydrogen-bond donors (Lipinski definition) is 2. The summed E-state index contributed by atoms with van der Waals surface area (Å²) in [6.07, 6.45) is 4.06. The van der Waals surface area contributed by atoms with Crippen LogP contribution in [-0.2, 0) is 4.79 Å². The molecule has 1 aromatic carbocycles. The molecule has 1 fully saturated rings. The molecule has 2 atom stereocenters. The molecule has 0 saturated heterocycles. The largest absolute Gasteiger partial charge is 0.399 e. The van der Waals surface area contributed by atoms with E-state index in [1.165, 1.54) is 18.4 Å². The average Bonchev–Trinajstić information content (AvgIpc) is 2.69. The van der Waals surface area contributed by atoms with E-state index in [9.17, 15) is 4.79 Å². The third-order valence-corrected chi connectivity index (χ3v) is 4.59. The number of benzene rings is 1. The Morgan fingerprint density at radius 3 is 2.60 bits per heavy atom. The Morgan fingerprint density at radius 1 is 1.40 bits per heavy atom. The molecule has 1 amide bonds. The van der Waals surface area contributed by atoms with Crippen molar-refractivity contribution in [2.24, 2.45) is 5.41 Å². The lowest BCUT2D eigenvalue weighted by Gasteiger charge is -2.28. The summed E-state index contributed by atoms with van der Waals surface area (Å²) in [6, 6.07) is 8.13. The van der Waals surface area contributed by atoms with Crippen LogP contribution >= 0.6 is 0 Å². The molecule has 20 heavy (non-hydrogen) atoms. The minimum Gasteiger partial charge on any atom is -0.399 e. The molecule has 0 bridgehead atoms. The molecule has 3 heteroatoms. The molecule has 1 aromatic rings. The number of carbonyl (C=O) groups is 1. The third kappa shape index (κ3) is 3.53. The van der Waals surface area contributed by atoms with E-state index in [0.717, 1.165) is 12.1 Å². The lowest BCUT2D eigenvalue weighted by atomic mass is 9.87. The number of nitrogens with one attached hydrogen (secondary N) is 1. The maximum Gasteiger partial charge on any atom is 0.220 e. The zero-order valence-electron chi connectivity index (χ0n) is 12.8. The SMILES string of the molecule is CC(CC(=O)NC1CCCC1(C)C)c1ccc(N)cc1. The highest BCUT2D eigenvalue weighted by molar-refractivity contribution is 5.77. The number of anilines is 1. The van der Waals surface area contributed by atoms with Gasteiger partial charge in [0, 0.05) is 18.2 Å². The molecular weight excluding hydrogens is 248 g/mol. The van der Waals surface area contributed by atoms with Gasteiger partial charge in [-0.1, -0.05) is 39.3 Å². The van der Waals surface area contributed by atoms with Gasteiger partial charge in [0.25, 0.3) is 0 Å². The molecule has 0 radical (unpaired) electrons. The van der Waals surface area contributed by atoms with Gasteiger partial charge in [-0.15, -0.1) is 0 Å². The summed E-state index contributed by atoms with van der Waals surface area (Å²) in [5, 5.41) is 3.22. The second-order valence-electron chi connectivity index (χ2n) is 6.77. The number of amides is 1. The average molecular weight is 274 g/mol. The van der Waals surface area contributed by atoms with Gasteiger partial charge in [0.2, 0.25) is 5.91 Å². The van der Waals surface area contributed by atoms with Gasteiger partial charge in [-0.3, -0.25) is 4.79 Å². The van der Waals surface area contributed by atoms with E-state index >= 15 is 0 Å². The lowest BCUT2D eigenvalue weighted by Crippen LogP contribution is -2.41. The predicted octanol–water partition coefficient (Wildman–Crippen LogP) is 3.46. The molecule has 110 valence electrons. The van der Waals surface area contributed by atoms with Crippen LogP contribution in [0.2, 0.25) is 0 Å². The fourth-order valence-electron chi connectivity index (χ4n) is 3.07. The summed E-state index contributed by atoms with van der Waals surface area (Å²) in [5.74, 6) is 0.384. The summed E-state index contributed by atoms with van der Waals surface area (Å²) in [5.41, 5.74) is 7.85. The second-order valence-corrected chi connectivity index (χ2v) is 6.77. The number of hydrogen-bond acceptors (Lipinski definition) is 2. The van der Waals surface area contributed by atoms with Crippen LogP contribution in [0.3, 0.4) is 0 Å². The number of rotatable bonds is 4. The fourth-order valence-corrected chi connectivity index (χ4v) is 3.07.